The molecule has 2 heteroatoms. The van der Waals surface area contributed by atoms with Gasteiger partial charge in [0.2, 0.25) is 5.91 Å². The third-order valence-corrected chi connectivity index (χ3v) is 2.93. The summed E-state index contributed by atoms with van der Waals surface area (Å²) in [4.78, 5) is 11.8. The van der Waals surface area contributed by atoms with Crippen molar-refractivity contribution in [1.29, 1.82) is 0 Å². The highest BCUT2D eigenvalue weighted by Gasteiger charge is 2.05. The Labute approximate surface area is 120 Å². The zero-order chi connectivity index (χ0) is 14.4. The lowest BCUT2D eigenvalue weighted by atomic mass is 10.0. The Morgan fingerprint density at radius 3 is 2.35 bits per heavy atom. The van der Waals surface area contributed by atoms with E-state index in [4.69, 9.17) is 0 Å². The Morgan fingerprint density at radius 2 is 1.65 bits per heavy atom. The van der Waals surface area contributed by atoms with Crippen LogP contribution in [-0.2, 0) is 11.2 Å². The van der Waals surface area contributed by atoms with Crippen LogP contribution in [-0.4, -0.2) is 5.91 Å². The third kappa shape index (κ3) is 4.09. The van der Waals surface area contributed by atoms with Crippen molar-refractivity contribution in [3.63, 3.8) is 0 Å². The van der Waals surface area contributed by atoms with E-state index in [0.717, 1.165) is 23.2 Å². The number of hydrogen-bond acceptors (Lipinski definition) is 1. The summed E-state index contributed by atoms with van der Waals surface area (Å²) in [7, 11) is 0. The van der Waals surface area contributed by atoms with E-state index in [1.54, 1.807) is 6.08 Å². The zero-order valence-corrected chi connectivity index (χ0v) is 11.9. The van der Waals surface area contributed by atoms with Crippen LogP contribution in [0.4, 0.5) is 5.69 Å². The Balaban J connectivity index is 2.18. The summed E-state index contributed by atoms with van der Waals surface area (Å²) in [5, 5.41) is 2.95. The lowest BCUT2D eigenvalue weighted by molar-refractivity contribution is -0.111. The topological polar surface area (TPSA) is 29.1 Å². The van der Waals surface area contributed by atoms with Gasteiger partial charge in [0.15, 0.2) is 0 Å². The zero-order valence-electron chi connectivity index (χ0n) is 11.9. The first kappa shape index (κ1) is 14.1. The van der Waals surface area contributed by atoms with Crippen LogP contribution in [0.3, 0.4) is 0 Å². The molecule has 20 heavy (non-hydrogen) atoms. The highest BCUT2D eigenvalue weighted by molar-refractivity contribution is 6.00. The van der Waals surface area contributed by atoms with Crippen LogP contribution in [0.15, 0.2) is 66.2 Å². The maximum atomic E-state index is 11.8. The molecule has 0 atom stereocenters. The number of carbonyl (C=O) groups is 1. The lowest BCUT2D eigenvalue weighted by Gasteiger charge is -2.10. The Hall–Kier alpha value is -2.35. The Morgan fingerprint density at radius 1 is 1.00 bits per heavy atom. The molecule has 2 aromatic carbocycles. The summed E-state index contributed by atoms with van der Waals surface area (Å²) in [5.74, 6) is -0.0782. The molecule has 0 aliphatic carbocycles. The molecule has 0 spiro atoms. The minimum atomic E-state index is -0.0782. The molecule has 2 aromatic rings. The van der Waals surface area contributed by atoms with Crippen LogP contribution in [0.2, 0.25) is 0 Å². The number of anilines is 1. The molecule has 0 fully saturated rings. The van der Waals surface area contributed by atoms with Gasteiger partial charge in [-0.3, -0.25) is 4.79 Å². The van der Waals surface area contributed by atoms with Gasteiger partial charge in [0.25, 0.3) is 0 Å². The number of nitrogens with one attached hydrogen (secondary N) is 1. The van der Waals surface area contributed by atoms with Gasteiger partial charge >= 0.3 is 0 Å². The van der Waals surface area contributed by atoms with Crippen LogP contribution in [0.25, 0.3) is 0 Å². The molecule has 1 amide bonds. The van der Waals surface area contributed by atoms with Crippen LogP contribution < -0.4 is 5.32 Å². The van der Waals surface area contributed by atoms with Crippen molar-refractivity contribution in [2.45, 2.75) is 20.3 Å². The average molecular weight is 265 g/mol. The van der Waals surface area contributed by atoms with Gasteiger partial charge in [-0.15, -0.1) is 0 Å². The average Bonchev–Trinajstić information content (AvgIpc) is 2.41. The van der Waals surface area contributed by atoms with Gasteiger partial charge < -0.3 is 5.32 Å². The molecule has 0 aromatic heterocycles. The number of benzene rings is 2. The molecule has 0 aliphatic heterocycles. The molecule has 0 saturated heterocycles. The summed E-state index contributed by atoms with van der Waals surface area (Å²) in [6.45, 7) is 3.82. The van der Waals surface area contributed by atoms with Gasteiger partial charge in [0.05, 0.1) is 0 Å². The molecule has 0 radical (unpaired) electrons. The van der Waals surface area contributed by atoms with Gasteiger partial charge in [0.1, 0.15) is 0 Å². The fourth-order valence-corrected chi connectivity index (χ4v) is 2.04. The first-order chi connectivity index (χ1) is 9.65. The summed E-state index contributed by atoms with van der Waals surface area (Å²) < 4.78 is 0. The van der Waals surface area contributed by atoms with Gasteiger partial charge in [-0.05, 0) is 37.5 Å². The largest absolute Gasteiger partial charge is 0.322 e. The van der Waals surface area contributed by atoms with E-state index in [1.807, 2.05) is 56.3 Å². The highest BCUT2D eigenvalue weighted by Crippen LogP contribution is 2.19. The second-order valence-corrected chi connectivity index (χ2v) is 5.03. The monoisotopic (exact) mass is 265 g/mol. The molecule has 2 nitrogen and oxygen atoms in total. The Kier molecular flexibility index (Phi) is 4.72. The molecule has 0 aliphatic rings. The van der Waals surface area contributed by atoms with Crippen LogP contribution >= 0.6 is 0 Å². The number of carbonyl (C=O) groups excluding carboxylic acids is 1. The number of amides is 1. The minimum absolute atomic E-state index is 0.0782. The third-order valence-electron chi connectivity index (χ3n) is 2.93. The van der Waals surface area contributed by atoms with Crippen LogP contribution in [0, 0.1) is 0 Å². The predicted octanol–water partition coefficient (Wildman–Crippen LogP) is 4.18. The van der Waals surface area contributed by atoms with Crippen LogP contribution in [0.5, 0.6) is 0 Å². The smallest absolute Gasteiger partial charge is 0.248 e. The second-order valence-electron chi connectivity index (χ2n) is 5.03. The van der Waals surface area contributed by atoms with Crippen LogP contribution in [0.1, 0.15) is 25.0 Å². The normalized spacial score (nSPS) is 9.90. The van der Waals surface area contributed by atoms with Gasteiger partial charge in [0, 0.05) is 11.8 Å². The number of hydrogen-bond donors (Lipinski definition) is 1. The molecular weight excluding hydrogens is 246 g/mol. The summed E-state index contributed by atoms with van der Waals surface area (Å²) in [6, 6.07) is 18.2. The van der Waals surface area contributed by atoms with E-state index >= 15 is 0 Å². The van der Waals surface area contributed by atoms with Crippen molar-refractivity contribution >= 4 is 11.6 Å². The van der Waals surface area contributed by atoms with Gasteiger partial charge in [-0.25, -0.2) is 0 Å². The predicted molar refractivity (Wildman–Crippen MR) is 83.8 cm³/mol. The van der Waals surface area contributed by atoms with E-state index in [0.29, 0.717) is 0 Å². The fraction of sp³-hybridized carbons (Fsp3) is 0.167. The van der Waals surface area contributed by atoms with Crippen molar-refractivity contribution < 1.29 is 4.79 Å². The molecule has 0 heterocycles. The SMILES string of the molecule is CC(C)=CC(=O)Nc1ccccc1Cc1ccccc1. The fourth-order valence-electron chi connectivity index (χ4n) is 2.04. The molecular formula is C18H19NO. The van der Waals surface area contributed by atoms with E-state index in [9.17, 15) is 4.79 Å². The van der Waals surface area contributed by atoms with E-state index in [2.05, 4.69) is 17.4 Å². The first-order valence-corrected chi connectivity index (χ1v) is 6.73. The number of para-hydroxylation sites is 1. The molecule has 1 N–H and O–H groups in total. The molecule has 0 unspecified atom stereocenters. The molecule has 2 rings (SSSR count). The van der Waals surface area contributed by atoms with Crippen molar-refractivity contribution in [1.82, 2.24) is 0 Å². The van der Waals surface area contributed by atoms with Crippen molar-refractivity contribution in [3.8, 4) is 0 Å². The molecule has 0 bridgehead atoms. The maximum Gasteiger partial charge on any atom is 0.248 e. The van der Waals surface area contributed by atoms with E-state index in [1.165, 1.54) is 5.56 Å². The summed E-state index contributed by atoms with van der Waals surface area (Å²) in [5.41, 5.74) is 4.22. The van der Waals surface area contributed by atoms with Crippen molar-refractivity contribution in [2.24, 2.45) is 0 Å². The van der Waals surface area contributed by atoms with E-state index < -0.39 is 0 Å². The molecule has 102 valence electrons. The number of rotatable bonds is 4. The van der Waals surface area contributed by atoms with Crippen molar-refractivity contribution in [3.05, 3.63) is 77.4 Å². The Bertz CT molecular complexity index is 610. The van der Waals surface area contributed by atoms with E-state index in [-0.39, 0.29) is 5.91 Å². The highest BCUT2D eigenvalue weighted by atomic mass is 16.1. The molecule has 0 saturated carbocycles. The first-order valence-electron chi connectivity index (χ1n) is 6.73. The van der Waals surface area contributed by atoms with Gasteiger partial charge in [-0.2, -0.15) is 0 Å². The second kappa shape index (κ2) is 6.71. The standard InChI is InChI=1S/C18H19NO/c1-14(2)12-18(20)19-17-11-7-6-10-16(17)13-15-8-4-3-5-9-15/h3-12H,13H2,1-2H3,(H,19,20). The van der Waals surface area contributed by atoms with Crippen molar-refractivity contribution in [2.75, 3.05) is 5.32 Å². The quantitative estimate of drug-likeness (QED) is 0.825. The van der Waals surface area contributed by atoms with Gasteiger partial charge in [-0.1, -0.05) is 54.1 Å². The minimum Gasteiger partial charge on any atom is -0.322 e. The maximum absolute atomic E-state index is 11.8. The summed E-state index contributed by atoms with van der Waals surface area (Å²) >= 11 is 0. The lowest BCUT2D eigenvalue weighted by Crippen LogP contribution is -2.10. The summed E-state index contributed by atoms with van der Waals surface area (Å²) in [6.07, 6.45) is 2.42. The number of allylic oxidation sites excluding steroid dienone is 1.